The number of hydrogen-bond acceptors (Lipinski definition) is 21. The lowest BCUT2D eigenvalue weighted by atomic mass is 9.95. The summed E-state index contributed by atoms with van der Waals surface area (Å²) in [5, 5.41) is 51.5. The molecule has 2 aliphatic rings. The van der Waals surface area contributed by atoms with Gasteiger partial charge in [-0.15, -0.1) is 0 Å². The molecule has 10 N–H and O–H groups in total. The maximum Gasteiger partial charge on any atom is 0.472 e. The van der Waals surface area contributed by atoms with Gasteiger partial charge in [-0.25, -0.2) is 9.13 Å². The van der Waals surface area contributed by atoms with E-state index in [9.17, 15) is 68.3 Å². The van der Waals surface area contributed by atoms with Crippen LogP contribution >= 0.6 is 15.6 Å². The Hall–Kier alpha value is -3.24. The van der Waals surface area contributed by atoms with Crippen LogP contribution in [-0.4, -0.2) is 175 Å². The van der Waals surface area contributed by atoms with Crippen LogP contribution < -0.4 is 10.6 Å². The maximum absolute atomic E-state index is 15.2. The summed E-state index contributed by atoms with van der Waals surface area (Å²) >= 11 is 0. The molecule has 2 rings (SSSR count). The Balaban J connectivity index is 2.84. The highest BCUT2D eigenvalue weighted by atomic mass is 31.2. The van der Waals surface area contributed by atoms with Crippen LogP contribution in [0.5, 0.6) is 0 Å². The van der Waals surface area contributed by atoms with E-state index in [1.807, 2.05) is 0 Å². The molecule has 0 spiro atoms. The number of nitrogens with one attached hydrogen (secondary N) is 2. The minimum atomic E-state index is -5.69. The van der Waals surface area contributed by atoms with Crippen LogP contribution in [0.2, 0.25) is 0 Å². The van der Waals surface area contributed by atoms with Crippen molar-refractivity contribution in [3.05, 3.63) is 0 Å². The Morgan fingerprint density at radius 2 is 0.626 bits per heavy atom. The third kappa shape index (κ3) is 61.9. The first-order valence-electron chi connectivity index (χ1n) is 49.7. The topological polar surface area (TPSA) is 406 Å². The van der Waals surface area contributed by atoms with Crippen LogP contribution in [0.25, 0.3) is 0 Å². The molecule has 123 heavy (non-hydrogen) atoms. The summed E-state index contributed by atoms with van der Waals surface area (Å²) in [4.78, 5) is 128. The van der Waals surface area contributed by atoms with Crippen LogP contribution in [0.4, 0.5) is 0 Å². The average Bonchev–Trinajstić information content (AvgIpc) is 0.778. The van der Waals surface area contributed by atoms with Gasteiger partial charge in [-0.1, -0.05) is 375 Å². The molecule has 2 saturated heterocycles. The number of amides is 2. The number of aliphatic hydroxyl groups excluding tert-OH is 4. The molecular formula is C94H178N2O25P2. The molecule has 27 nitrogen and oxygen atoms in total. The van der Waals surface area contributed by atoms with E-state index in [0.29, 0.717) is 38.5 Å². The summed E-state index contributed by atoms with van der Waals surface area (Å²) in [6.45, 7) is 10.9. The van der Waals surface area contributed by atoms with Gasteiger partial charge in [0, 0.05) is 12.8 Å². The summed E-state index contributed by atoms with van der Waals surface area (Å²) in [6.07, 6.45) is 34.0. The zero-order valence-corrected chi connectivity index (χ0v) is 79.4. The van der Waals surface area contributed by atoms with Crippen LogP contribution in [0.1, 0.15) is 465 Å². The zero-order chi connectivity index (χ0) is 90.4. The van der Waals surface area contributed by atoms with Crippen molar-refractivity contribution < 1.29 is 120 Å². The summed E-state index contributed by atoms with van der Waals surface area (Å²) in [6, 6.07) is -3.86. The summed E-state index contributed by atoms with van der Waals surface area (Å²) in [5.74, 6) is -5.04. The van der Waals surface area contributed by atoms with E-state index in [2.05, 4.69) is 52.2 Å². The molecule has 0 aromatic heterocycles. The third-order valence-corrected chi connectivity index (χ3v) is 24.9. The second-order valence-corrected chi connectivity index (χ2v) is 37.9. The van der Waals surface area contributed by atoms with Gasteiger partial charge in [0.05, 0.1) is 51.1 Å². The Kier molecular flexibility index (Phi) is 71.0. The van der Waals surface area contributed by atoms with Gasteiger partial charge in [0.1, 0.15) is 48.7 Å². The van der Waals surface area contributed by atoms with Gasteiger partial charge >= 0.3 is 39.5 Å². The second-order valence-electron chi connectivity index (χ2n) is 35.5. The molecule has 0 aliphatic carbocycles. The molecule has 0 unspecified atom stereocenters. The number of rotatable bonds is 84. The standard InChI is InChI=1S/C94H178N2O25P2/c1-7-13-19-25-31-37-38-44-50-56-62-68-84(103)115-78(66-60-54-48-42-35-29-23-17-11-5)72-86(105)119-92-88(96-82(101)71-77(65-59-53-47-41-34-28-22-16-10-4)114-83(102)67-61-55-49-43-36-30-24-18-12-6)93(116-79(73-97)90(92)120-122(107,108)109)113-74-80-89(106)91(118-85(104)70-76(99)64-58-52-46-40-33-27-21-15-9-3)87(94(117-80)121-123(110,111)112)95-81(100)69-75(98)63-57-51-45-39-32-26-20-14-8-2/h75-80,87-94,97-99,106H,7-74H2,1-6H3,(H,95,100)(H,96,101)(H2,107,108,109)(H2,110,111,112)/t75-,76-,77-,78-,79-,80-,87-,88-,89-,90-,91-,92-,93-,94-/m1/s1. The molecule has 724 valence electrons. The lowest BCUT2D eigenvalue weighted by Crippen LogP contribution is -2.68. The number of esters is 4. The molecule has 0 aromatic carbocycles. The van der Waals surface area contributed by atoms with Crippen molar-refractivity contribution in [1.82, 2.24) is 10.6 Å². The van der Waals surface area contributed by atoms with Crippen molar-refractivity contribution in [2.75, 3.05) is 13.2 Å². The zero-order valence-electron chi connectivity index (χ0n) is 77.6. The maximum atomic E-state index is 15.2. The lowest BCUT2D eigenvalue weighted by Gasteiger charge is -2.47. The van der Waals surface area contributed by atoms with Gasteiger partial charge in [0.2, 0.25) is 11.8 Å². The van der Waals surface area contributed by atoms with E-state index in [-0.39, 0.29) is 38.5 Å². The van der Waals surface area contributed by atoms with E-state index < -0.39 is 176 Å². The monoisotopic (exact) mass is 1800 g/mol. The molecule has 2 fully saturated rings. The van der Waals surface area contributed by atoms with E-state index >= 15 is 9.59 Å². The Morgan fingerprint density at radius 1 is 0.333 bits per heavy atom. The first-order chi connectivity index (χ1) is 59.3. The smallest absolute Gasteiger partial charge is 0.462 e. The van der Waals surface area contributed by atoms with Gasteiger partial charge in [-0.3, -0.25) is 37.8 Å². The molecule has 0 radical (unpaired) electrons. The number of aliphatic hydroxyl groups is 4. The third-order valence-electron chi connectivity index (χ3n) is 23.9. The Morgan fingerprint density at radius 3 is 0.984 bits per heavy atom. The van der Waals surface area contributed by atoms with Gasteiger partial charge in [0.15, 0.2) is 24.8 Å². The van der Waals surface area contributed by atoms with Crippen molar-refractivity contribution in [2.24, 2.45) is 0 Å². The number of phosphoric acid groups is 2. The van der Waals surface area contributed by atoms with E-state index in [4.69, 9.17) is 42.2 Å². The average molecular weight is 1800 g/mol. The molecule has 2 amide bonds. The quantitative estimate of drug-likeness (QED) is 0.0117. The van der Waals surface area contributed by atoms with E-state index in [1.54, 1.807) is 0 Å². The number of phosphoric ester groups is 2. The first kappa shape index (κ1) is 116. The number of carbonyl (C=O) groups is 6. The van der Waals surface area contributed by atoms with Crippen molar-refractivity contribution in [3.8, 4) is 0 Å². The van der Waals surface area contributed by atoms with E-state index in [1.165, 1.54) is 64.2 Å². The van der Waals surface area contributed by atoms with Crippen LogP contribution in [-0.2, 0) is 80.1 Å². The number of hydrogen-bond donors (Lipinski definition) is 10. The van der Waals surface area contributed by atoms with Gasteiger partial charge in [-0.05, 0) is 51.4 Å². The predicted molar refractivity (Wildman–Crippen MR) is 481 cm³/mol. The SMILES string of the molecule is CCCCCCCCCCCCCC(=O)O[C@H](CCCCCCCCCCC)CC(=O)O[C@@H]1[C@@H](NC(=O)C[C@@H](CCCCCCCCCCC)OC(=O)CCCCCCCCCCC)[C@H](OC[C@H]2O[C@H](OP(=O)(O)O)[C@H](NC(=O)C[C@H](O)CCCCCCCCCCC)[C@@H](OC(=O)C[C@H](O)CCCCCCCCCCC)[C@@H]2O)O[C@H](CO)[C@H]1OP(=O)(O)O. The Bertz CT molecular complexity index is 2710. The van der Waals surface area contributed by atoms with Crippen LogP contribution in [0.3, 0.4) is 0 Å². The highest BCUT2D eigenvalue weighted by molar-refractivity contribution is 7.46. The van der Waals surface area contributed by atoms with Crippen LogP contribution in [0, 0.1) is 0 Å². The fraction of sp³-hybridized carbons (Fsp3) is 0.936. The molecule has 29 heteroatoms. The van der Waals surface area contributed by atoms with Gasteiger partial charge in [-0.2, -0.15) is 0 Å². The number of unbranched alkanes of at least 4 members (excludes halogenated alkanes) is 50. The highest BCUT2D eigenvalue weighted by Gasteiger charge is 2.55. The number of carbonyl (C=O) groups excluding carboxylic acids is 6. The predicted octanol–water partition coefficient (Wildman–Crippen LogP) is 20.6. The van der Waals surface area contributed by atoms with Crippen molar-refractivity contribution in [2.45, 2.75) is 551 Å². The second kappa shape index (κ2) is 75.4. The minimum absolute atomic E-state index is 0.0781. The fourth-order valence-electron chi connectivity index (χ4n) is 16.6. The van der Waals surface area contributed by atoms with Gasteiger partial charge in [0.25, 0.3) is 0 Å². The molecule has 0 bridgehead atoms. The fourth-order valence-corrected chi connectivity index (χ4v) is 17.6. The molecule has 14 atom stereocenters. The van der Waals surface area contributed by atoms with Crippen molar-refractivity contribution in [3.63, 3.8) is 0 Å². The van der Waals surface area contributed by atoms with Gasteiger partial charge < -0.3 is 83.8 Å². The summed E-state index contributed by atoms with van der Waals surface area (Å²) in [7, 11) is -11.4. The lowest BCUT2D eigenvalue weighted by molar-refractivity contribution is -0.297. The van der Waals surface area contributed by atoms with E-state index in [0.717, 1.165) is 257 Å². The minimum Gasteiger partial charge on any atom is -0.462 e. The molecule has 2 aliphatic heterocycles. The molecule has 2 heterocycles. The largest absolute Gasteiger partial charge is 0.472 e. The van der Waals surface area contributed by atoms with Crippen molar-refractivity contribution in [1.29, 1.82) is 0 Å². The summed E-state index contributed by atoms with van der Waals surface area (Å²) in [5.41, 5.74) is 0. The normalized spacial score (nSPS) is 20.4. The highest BCUT2D eigenvalue weighted by Crippen LogP contribution is 2.44. The molecular weight excluding hydrogens is 1620 g/mol. The summed E-state index contributed by atoms with van der Waals surface area (Å²) < 4.78 is 80.1. The number of ether oxygens (including phenoxy) is 7. The van der Waals surface area contributed by atoms with Crippen molar-refractivity contribution >= 4 is 51.3 Å². The van der Waals surface area contributed by atoms with Crippen LogP contribution in [0.15, 0.2) is 0 Å². The molecule has 0 saturated carbocycles. The molecule has 0 aromatic rings. The first-order valence-corrected chi connectivity index (χ1v) is 52.8. The Labute approximate surface area is 742 Å².